The van der Waals surface area contributed by atoms with Gasteiger partial charge in [-0.3, -0.25) is 4.79 Å². The number of methoxy groups -OCH3 is 1. The summed E-state index contributed by atoms with van der Waals surface area (Å²) in [5.41, 5.74) is 9.04. The number of rotatable bonds is 6. The average molecular weight is 532 g/mol. The number of aromatic nitrogens is 2. The van der Waals surface area contributed by atoms with Crippen molar-refractivity contribution in [2.24, 2.45) is 0 Å². The molecule has 1 aliphatic heterocycles. The van der Waals surface area contributed by atoms with Gasteiger partial charge in [0, 0.05) is 46.7 Å². The van der Waals surface area contributed by atoms with E-state index in [-0.39, 0.29) is 12.4 Å². The van der Waals surface area contributed by atoms with Crippen molar-refractivity contribution in [3.8, 4) is 17.3 Å². The quantitative estimate of drug-likeness (QED) is 0.454. The molecule has 1 aliphatic carbocycles. The van der Waals surface area contributed by atoms with E-state index in [1.54, 1.807) is 6.07 Å². The van der Waals surface area contributed by atoms with E-state index >= 15 is 0 Å². The van der Waals surface area contributed by atoms with E-state index in [1.807, 2.05) is 42.5 Å². The fourth-order valence-corrected chi connectivity index (χ4v) is 4.69. The largest absolute Gasteiger partial charge is 0.481 e. The van der Waals surface area contributed by atoms with Crippen molar-refractivity contribution in [1.29, 1.82) is 0 Å². The van der Waals surface area contributed by atoms with Crippen LogP contribution in [0.25, 0.3) is 11.3 Å². The molecule has 192 valence electrons. The maximum atomic E-state index is 11.4. The summed E-state index contributed by atoms with van der Waals surface area (Å²) in [6.45, 7) is 3.21. The Hall–Kier alpha value is -2.87. The number of carboxylic acid groups (broad SMARTS) is 1. The Balaban J connectivity index is 0.000000275. The molecule has 9 heteroatoms. The van der Waals surface area contributed by atoms with Crippen molar-refractivity contribution in [2.45, 2.75) is 44.4 Å². The van der Waals surface area contributed by atoms with Gasteiger partial charge in [0.1, 0.15) is 5.82 Å². The molecule has 1 saturated heterocycles. The predicted molar refractivity (Wildman–Crippen MR) is 143 cm³/mol. The highest BCUT2D eigenvalue weighted by Gasteiger charge is 2.36. The smallest absolute Gasteiger partial charge is 0.318 e. The molecule has 0 amide bonds. The van der Waals surface area contributed by atoms with E-state index in [9.17, 15) is 9.90 Å². The fourth-order valence-electron chi connectivity index (χ4n) is 4.28. The molecule has 0 atom stereocenters. The molecule has 0 saturated carbocycles. The van der Waals surface area contributed by atoms with Gasteiger partial charge in [0.15, 0.2) is 0 Å². The minimum absolute atomic E-state index is 0.0784. The van der Waals surface area contributed by atoms with Crippen LogP contribution in [0.15, 0.2) is 64.2 Å². The van der Waals surface area contributed by atoms with Crippen LogP contribution >= 0.6 is 23.2 Å². The van der Waals surface area contributed by atoms with E-state index < -0.39 is 11.4 Å². The molecule has 2 aliphatic rings. The van der Waals surface area contributed by atoms with Crippen LogP contribution in [0.4, 0.5) is 5.82 Å². The van der Waals surface area contributed by atoms with E-state index in [0.29, 0.717) is 37.6 Å². The van der Waals surface area contributed by atoms with Crippen LogP contribution < -0.4 is 10.5 Å². The second-order valence-electron chi connectivity index (χ2n) is 8.62. The fraction of sp³-hybridized carbons (Fsp3) is 0.370. The first-order valence-corrected chi connectivity index (χ1v) is 12.5. The van der Waals surface area contributed by atoms with E-state index in [1.165, 1.54) is 12.7 Å². The molecule has 1 fully saturated rings. The van der Waals surface area contributed by atoms with Gasteiger partial charge in [0.25, 0.3) is 0 Å². The van der Waals surface area contributed by atoms with Gasteiger partial charge in [0.2, 0.25) is 0 Å². The van der Waals surface area contributed by atoms with Gasteiger partial charge in [-0.05, 0) is 42.5 Å². The summed E-state index contributed by atoms with van der Waals surface area (Å²) in [5, 5.41) is 11.1. The van der Waals surface area contributed by atoms with Gasteiger partial charge in [-0.15, -0.1) is 0 Å². The summed E-state index contributed by atoms with van der Waals surface area (Å²) in [5.74, 6) is -0.487. The summed E-state index contributed by atoms with van der Waals surface area (Å²) in [6.07, 6.45) is 8.95. The predicted octanol–water partition coefficient (Wildman–Crippen LogP) is 6.23. The number of aliphatic carboxylic acids is 1. The van der Waals surface area contributed by atoms with Crippen molar-refractivity contribution < 1.29 is 19.4 Å². The summed E-state index contributed by atoms with van der Waals surface area (Å²) in [6, 6.07) is 9.66. The number of nitrogens with zero attached hydrogens (tertiary/aromatic N) is 2. The number of anilines is 1. The second kappa shape index (κ2) is 12.9. The molecule has 2 aromatic rings. The third kappa shape index (κ3) is 7.32. The lowest BCUT2D eigenvalue weighted by molar-refractivity contribution is -0.139. The van der Waals surface area contributed by atoms with E-state index in [0.717, 1.165) is 34.0 Å². The third-order valence-electron chi connectivity index (χ3n) is 6.27. The number of carboxylic acids is 1. The molecular weight excluding hydrogens is 501 g/mol. The van der Waals surface area contributed by atoms with Crippen LogP contribution in [0, 0.1) is 0 Å². The first-order valence-electron chi connectivity index (χ1n) is 11.8. The maximum Gasteiger partial charge on any atom is 0.318 e. The van der Waals surface area contributed by atoms with Gasteiger partial charge < -0.3 is 20.3 Å². The summed E-state index contributed by atoms with van der Waals surface area (Å²) in [4.78, 5) is 19.8. The van der Waals surface area contributed by atoms with E-state index in [2.05, 4.69) is 16.9 Å². The van der Waals surface area contributed by atoms with Crippen LogP contribution in [0.5, 0.6) is 6.01 Å². The first kappa shape index (κ1) is 27.7. The van der Waals surface area contributed by atoms with Crippen molar-refractivity contribution in [3.05, 3.63) is 69.8 Å². The molecule has 0 spiro atoms. The number of hydrogen-bond donors (Lipinski definition) is 2. The summed E-state index contributed by atoms with van der Waals surface area (Å²) >= 11 is 11.8. The number of nitrogens with two attached hydrogens (primary N) is 1. The topological polar surface area (TPSA) is 108 Å². The SMILES string of the molecule is CCC1=C(Cl)CC=C(Cl)C=C1.COc1nc(N)cc(-c2cccc(C3(CC(=O)O)CCOCC3)c2)n1. The Morgan fingerprint density at radius 1 is 1.19 bits per heavy atom. The molecule has 0 unspecified atom stereocenters. The molecule has 0 radical (unpaired) electrons. The van der Waals surface area contributed by atoms with Gasteiger partial charge >= 0.3 is 12.0 Å². The zero-order chi connectivity index (χ0) is 26.1. The minimum Gasteiger partial charge on any atom is -0.481 e. The lowest BCUT2D eigenvalue weighted by Crippen LogP contribution is -2.36. The number of ether oxygens (including phenoxy) is 2. The monoisotopic (exact) mass is 531 g/mol. The first-order chi connectivity index (χ1) is 17.3. The standard InChI is InChI=1S/C18H21N3O4.C9H10Cl2/c1-24-17-20-14(10-15(19)21-17)12-3-2-4-13(9-12)18(11-16(22)23)5-7-25-8-6-18;1-2-7-3-4-8(10)5-6-9(7)11/h2-4,9-10H,5-8,11H2,1H3,(H,22,23)(H2,19,20,21);3-5H,2,6H2,1H3. The molecule has 1 aromatic heterocycles. The number of allylic oxidation sites excluding steroid dienone is 6. The number of nitrogen functional groups attached to an aromatic ring is 1. The maximum absolute atomic E-state index is 11.4. The van der Waals surface area contributed by atoms with Crippen molar-refractivity contribution >= 4 is 35.0 Å². The van der Waals surface area contributed by atoms with Crippen LogP contribution in [0.1, 0.15) is 44.6 Å². The second-order valence-corrected chi connectivity index (χ2v) is 9.51. The highest BCUT2D eigenvalue weighted by Crippen LogP contribution is 2.39. The van der Waals surface area contributed by atoms with Crippen LogP contribution in [0.2, 0.25) is 0 Å². The van der Waals surface area contributed by atoms with Crippen molar-refractivity contribution in [2.75, 3.05) is 26.1 Å². The van der Waals surface area contributed by atoms with Gasteiger partial charge in [-0.2, -0.15) is 9.97 Å². The van der Waals surface area contributed by atoms with E-state index in [4.69, 9.17) is 38.4 Å². The van der Waals surface area contributed by atoms with Gasteiger partial charge in [0.05, 0.1) is 19.2 Å². The molecule has 2 heterocycles. The lowest BCUT2D eigenvalue weighted by atomic mass is 9.71. The molecule has 4 rings (SSSR count). The Bertz CT molecular complexity index is 1170. The average Bonchev–Trinajstić information content (AvgIpc) is 3.04. The molecule has 7 nitrogen and oxygen atoms in total. The highest BCUT2D eigenvalue weighted by atomic mass is 35.5. The number of carbonyl (C=O) groups is 1. The molecular formula is C27H31Cl2N3O4. The summed E-state index contributed by atoms with van der Waals surface area (Å²) < 4.78 is 10.5. The van der Waals surface area contributed by atoms with Gasteiger partial charge in [-0.1, -0.05) is 60.5 Å². The Morgan fingerprint density at radius 2 is 1.94 bits per heavy atom. The third-order valence-corrected chi connectivity index (χ3v) is 6.94. The molecule has 1 aromatic carbocycles. The number of hydrogen-bond acceptors (Lipinski definition) is 6. The lowest BCUT2D eigenvalue weighted by Gasteiger charge is -2.36. The van der Waals surface area contributed by atoms with Crippen molar-refractivity contribution in [3.63, 3.8) is 0 Å². The Morgan fingerprint density at radius 3 is 2.61 bits per heavy atom. The van der Waals surface area contributed by atoms with Crippen LogP contribution in [-0.4, -0.2) is 41.4 Å². The minimum atomic E-state index is -0.805. The van der Waals surface area contributed by atoms with Crippen LogP contribution in [0.3, 0.4) is 0 Å². The summed E-state index contributed by atoms with van der Waals surface area (Å²) in [7, 11) is 1.48. The molecule has 3 N–H and O–H groups in total. The highest BCUT2D eigenvalue weighted by molar-refractivity contribution is 6.32. The number of benzene rings is 1. The zero-order valence-corrected chi connectivity index (χ0v) is 22.0. The van der Waals surface area contributed by atoms with Gasteiger partial charge in [-0.25, -0.2) is 0 Å². The van der Waals surface area contributed by atoms with Crippen LogP contribution in [-0.2, 0) is 14.9 Å². The zero-order valence-electron chi connectivity index (χ0n) is 20.5. The Kier molecular flexibility index (Phi) is 9.93. The van der Waals surface area contributed by atoms with Crippen molar-refractivity contribution in [1.82, 2.24) is 9.97 Å². The molecule has 0 bridgehead atoms. The normalized spacial score (nSPS) is 16.9. The molecule has 36 heavy (non-hydrogen) atoms. The number of halogens is 2. The Labute approximate surface area is 221 Å².